The normalized spacial score (nSPS) is 17.9. The molecule has 1 saturated heterocycles. The first-order valence-corrected chi connectivity index (χ1v) is 7.78. The highest BCUT2D eigenvalue weighted by molar-refractivity contribution is 6.38. The minimum atomic E-state index is -0.326. The van der Waals surface area contributed by atoms with Crippen LogP contribution < -0.4 is 16.2 Å². The van der Waals surface area contributed by atoms with Crippen molar-refractivity contribution in [2.75, 3.05) is 6.54 Å². The predicted molar refractivity (Wildman–Crippen MR) is 89.3 cm³/mol. The number of carbonyl (C=O) groups is 1. The Kier molecular flexibility index (Phi) is 4.66. The van der Waals surface area contributed by atoms with E-state index in [0.717, 1.165) is 19.4 Å². The van der Waals surface area contributed by atoms with Crippen LogP contribution in [0.25, 0.3) is 11.0 Å². The van der Waals surface area contributed by atoms with Gasteiger partial charge in [-0.3, -0.25) is 9.59 Å². The maximum absolute atomic E-state index is 12.4. The molecule has 1 fully saturated rings. The number of carbonyl (C=O) groups excluding carboxylic acids is 1. The standard InChI is InChI=1S/C15H13Cl2N3O3/c16-9-4-10-13(21)8(7-23-14(10)11(17)5-9)6-19-20-15(22)12-2-1-3-18-12/h4-7,12,18H,1-3H2,(H,20,22)/t12-/m0/s1. The Hall–Kier alpha value is -1.89. The number of hydrogen-bond acceptors (Lipinski definition) is 5. The molecular formula is C15H13Cl2N3O3. The lowest BCUT2D eigenvalue weighted by Crippen LogP contribution is -2.38. The van der Waals surface area contributed by atoms with E-state index in [2.05, 4.69) is 15.8 Å². The Labute approximate surface area is 141 Å². The molecular weight excluding hydrogens is 341 g/mol. The summed E-state index contributed by atoms with van der Waals surface area (Å²) in [6.45, 7) is 0.817. The fourth-order valence-corrected chi connectivity index (χ4v) is 2.96. The zero-order valence-corrected chi connectivity index (χ0v) is 13.4. The van der Waals surface area contributed by atoms with Gasteiger partial charge in [0.25, 0.3) is 5.91 Å². The van der Waals surface area contributed by atoms with Crippen LogP contribution in [0.4, 0.5) is 0 Å². The van der Waals surface area contributed by atoms with Gasteiger partial charge in [-0.05, 0) is 31.5 Å². The summed E-state index contributed by atoms with van der Waals surface area (Å²) in [5.74, 6) is -0.227. The lowest BCUT2D eigenvalue weighted by molar-refractivity contribution is -0.122. The van der Waals surface area contributed by atoms with Crippen LogP contribution in [0.3, 0.4) is 0 Å². The molecule has 1 aromatic heterocycles. The highest BCUT2D eigenvalue weighted by Gasteiger charge is 2.21. The van der Waals surface area contributed by atoms with E-state index in [1.165, 1.54) is 24.6 Å². The second-order valence-electron chi connectivity index (χ2n) is 5.17. The average Bonchev–Trinajstić information content (AvgIpc) is 3.04. The smallest absolute Gasteiger partial charge is 0.257 e. The van der Waals surface area contributed by atoms with Gasteiger partial charge in [0, 0.05) is 5.02 Å². The van der Waals surface area contributed by atoms with E-state index in [0.29, 0.717) is 5.02 Å². The molecule has 2 heterocycles. The fourth-order valence-electron chi connectivity index (χ4n) is 2.42. The molecule has 0 unspecified atom stereocenters. The lowest BCUT2D eigenvalue weighted by Gasteiger charge is -2.06. The van der Waals surface area contributed by atoms with Crippen molar-refractivity contribution in [2.45, 2.75) is 18.9 Å². The van der Waals surface area contributed by atoms with E-state index >= 15 is 0 Å². The van der Waals surface area contributed by atoms with Gasteiger partial charge in [-0.15, -0.1) is 0 Å². The minimum Gasteiger partial charge on any atom is -0.462 e. The van der Waals surface area contributed by atoms with E-state index < -0.39 is 0 Å². The van der Waals surface area contributed by atoms with Gasteiger partial charge < -0.3 is 9.73 Å². The number of rotatable bonds is 3. The van der Waals surface area contributed by atoms with Crippen LogP contribution in [0.1, 0.15) is 18.4 Å². The van der Waals surface area contributed by atoms with Crippen molar-refractivity contribution in [2.24, 2.45) is 5.10 Å². The first-order chi connectivity index (χ1) is 11.1. The molecule has 3 rings (SSSR count). The number of hydrazone groups is 1. The van der Waals surface area contributed by atoms with E-state index in [-0.39, 0.29) is 38.9 Å². The molecule has 1 aliphatic heterocycles. The lowest BCUT2D eigenvalue weighted by atomic mass is 10.2. The quantitative estimate of drug-likeness (QED) is 0.655. The number of nitrogens with one attached hydrogen (secondary N) is 2. The largest absolute Gasteiger partial charge is 0.462 e. The highest BCUT2D eigenvalue weighted by Crippen LogP contribution is 2.26. The molecule has 0 bridgehead atoms. The van der Waals surface area contributed by atoms with Gasteiger partial charge in [0.05, 0.1) is 28.2 Å². The van der Waals surface area contributed by atoms with Crippen molar-refractivity contribution < 1.29 is 9.21 Å². The number of nitrogens with zero attached hydrogens (tertiary/aromatic N) is 1. The molecule has 6 nitrogen and oxygen atoms in total. The molecule has 0 saturated carbocycles. The van der Waals surface area contributed by atoms with Crippen molar-refractivity contribution in [1.29, 1.82) is 0 Å². The average molecular weight is 354 g/mol. The third-order valence-electron chi connectivity index (χ3n) is 3.57. The van der Waals surface area contributed by atoms with Crippen LogP contribution >= 0.6 is 23.2 Å². The van der Waals surface area contributed by atoms with Crippen LogP contribution in [-0.4, -0.2) is 24.7 Å². The molecule has 1 aliphatic rings. The molecule has 23 heavy (non-hydrogen) atoms. The number of benzene rings is 1. The fraction of sp³-hybridized carbons (Fsp3) is 0.267. The maximum atomic E-state index is 12.4. The van der Waals surface area contributed by atoms with E-state index in [1.54, 1.807) is 0 Å². The summed E-state index contributed by atoms with van der Waals surface area (Å²) in [7, 11) is 0. The Morgan fingerprint density at radius 1 is 1.43 bits per heavy atom. The molecule has 120 valence electrons. The monoisotopic (exact) mass is 353 g/mol. The Balaban J connectivity index is 1.83. The van der Waals surface area contributed by atoms with Crippen LogP contribution in [0.2, 0.25) is 10.0 Å². The predicted octanol–water partition coefficient (Wildman–Crippen LogP) is 2.30. The number of halogens is 2. The van der Waals surface area contributed by atoms with Crippen LogP contribution in [0.5, 0.6) is 0 Å². The van der Waals surface area contributed by atoms with Gasteiger partial charge in [-0.1, -0.05) is 23.2 Å². The van der Waals surface area contributed by atoms with Crippen molar-refractivity contribution in [3.63, 3.8) is 0 Å². The van der Waals surface area contributed by atoms with Gasteiger partial charge in [-0.2, -0.15) is 5.10 Å². The maximum Gasteiger partial charge on any atom is 0.257 e. The third-order valence-corrected chi connectivity index (χ3v) is 4.07. The Bertz CT molecular complexity index is 842. The molecule has 1 atom stereocenters. The summed E-state index contributed by atoms with van der Waals surface area (Å²) < 4.78 is 5.36. The molecule has 2 aromatic rings. The Morgan fingerprint density at radius 3 is 3.00 bits per heavy atom. The van der Waals surface area contributed by atoms with Crippen molar-refractivity contribution >= 4 is 46.3 Å². The van der Waals surface area contributed by atoms with Gasteiger partial charge >= 0.3 is 0 Å². The molecule has 0 spiro atoms. The number of hydrogen-bond donors (Lipinski definition) is 2. The van der Waals surface area contributed by atoms with Crippen molar-refractivity contribution in [1.82, 2.24) is 10.7 Å². The summed E-state index contributed by atoms with van der Waals surface area (Å²) in [6, 6.07) is 2.74. The van der Waals surface area contributed by atoms with E-state index in [1.807, 2.05) is 0 Å². The highest BCUT2D eigenvalue weighted by atomic mass is 35.5. The molecule has 0 aliphatic carbocycles. The molecule has 1 amide bonds. The Morgan fingerprint density at radius 2 is 2.26 bits per heavy atom. The van der Waals surface area contributed by atoms with E-state index in [9.17, 15) is 9.59 Å². The summed E-state index contributed by atoms with van der Waals surface area (Å²) in [5, 5.41) is 7.72. The number of fused-ring (bicyclic) bond motifs is 1. The second kappa shape index (κ2) is 6.70. The zero-order valence-electron chi connectivity index (χ0n) is 11.9. The van der Waals surface area contributed by atoms with Crippen LogP contribution in [0.15, 0.2) is 32.7 Å². The van der Waals surface area contributed by atoms with Crippen molar-refractivity contribution in [3.8, 4) is 0 Å². The number of amides is 1. The first kappa shape index (κ1) is 16.0. The van der Waals surface area contributed by atoms with Gasteiger partial charge in [-0.25, -0.2) is 5.43 Å². The van der Waals surface area contributed by atoms with Gasteiger partial charge in [0.2, 0.25) is 5.43 Å². The minimum absolute atomic E-state index is 0.190. The van der Waals surface area contributed by atoms with Crippen molar-refractivity contribution in [3.05, 3.63) is 44.2 Å². The SMILES string of the molecule is O=C(NN=Cc1coc2c(Cl)cc(Cl)cc2c1=O)[C@@H]1CCCN1. The second-order valence-corrected chi connectivity index (χ2v) is 6.01. The van der Waals surface area contributed by atoms with Crippen LogP contribution in [-0.2, 0) is 4.79 Å². The summed E-state index contributed by atoms with van der Waals surface area (Å²) >= 11 is 11.9. The topological polar surface area (TPSA) is 83.7 Å². The molecule has 8 heteroatoms. The summed E-state index contributed by atoms with van der Waals surface area (Å²) in [4.78, 5) is 24.2. The molecule has 1 aromatic carbocycles. The van der Waals surface area contributed by atoms with E-state index in [4.69, 9.17) is 27.6 Å². The zero-order chi connectivity index (χ0) is 16.4. The molecule has 2 N–H and O–H groups in total. The van der Waals surface area contributed by atoms with Gasteiger partial charge in [0.1, 0.15) is 6.26 Å². The first-order valence-electron chi connectivity index (χ1n) is 7.03. The molecule has 0 radical (unpaired) electrons. The van der Waals surface area contributed by atoms with Gasteiger partial charge in [0.15, 0.2) is 5.58 Å². The third kappa shape index (κ3) is 3.39. The summed E-state index contributed by atoms with van der Waals surface area (Å²) in [5.41, 5.74) is 2.53. The summed E-state index contributed by atoms with van der Waals surface area (Å²) in [6.07, 6.45) is 4.22. The van der Waals surface area contributed by atoms with Crippen LogP contribution in [0, 0.1) is 0 Å².